The Morgan fingerprint density at radius 1 is 0.976 bits per heavy atom. The van der Waals surface area contributed by atoms with E-state index in [1.165, 1.54) is 18.4 Å². The molecule has 1 saturated heterocycles. The van der Waals surface area contributed by atoms with Crippen LogP contribution in [0.5, 0.6) is 0 Å². The first kappa shape index (κ1) is 32.3. The van der Waals surface area contributed by atoms with Gasteiger partial charge in [0, 0.05) is 29.1 Å². The minimum atomic E-state index is -2.06. The maximum absolute atomic E-state index is 14.8. The summed E-state index contributed by atoms with van der Waals surface area (Å²) in [6, 6.07) is 16.2. The number of likely N-dealkylation sites (tertiary alicyclic amines) is 1. The molecule has 0 bridgehead atoms. The molecule has 2 aliphatic rings. The summed E-state index contributed by atoms with van der Waals surface area (Å²) in [6.45, 7) is 19.4. The van der Waals surface area contributed by atoms with Crippen LogP contribution < -0.4 is 0 Å². The number of hydrogen-bond donors (Lipinski definition) is 0. The SMILES string of the molecule is C=CCC1(CCO[Si](C(C)C)(C(C)C)C(C)C)CC(c2cccc(Cl)c2)[C@@H](c2ccc(Cl)cc2)N(CC2CC2)C1=O. The molecule has 1 saturated carbocycles. The standard InChI is InChI=1S/C35H49Cl2NO2Si/c1-8-18-35(19-20-40-41(24(2)3,25(4)5)26(6)7)22-32(29-10-9-11-31(37)21-29)33(28-14-16-30(36)17-15-28)38(34(35)39)23-27-12-13-27/h8-11,14-17,21,24-27,32-33H,1,12-13,18-20,22-23H2,2-7H3/t32?,33-,35?/m1/s1. The van der Waals surface area contributed by atoms with E-state index in [1.54, 1.807) is 0 Å². The second kappa shape index (κ2) is 13.4. The molecule has 0 spiro atoms. The molecule has 2 fully saturated rings. The second-order valence-corrected chi connectivity index (χ2v) is 19.8. The Kier molecular flexibility index (Phi) is 10.5. The third kappa shape index (κ3) is 6.82. The maximum Gasteiger partial charge on any atom is 0.229 e. The molecule has 0 radical (unpaired) electrons. The predicted octanol–water partition coefficient (Wildman–Crippen LogP) is 10.6. The number of allylic oxidation sites excluding steroid dienone is 1. The van der Waals surface area contributed by atoms with Crippen LogP contribution in [-0.4, -0.2) is 32.3 Å². The molecule has 1 aliphatic carbocycles. The predicted molar refractivity (Wildman–Crippen MR) is 176 cm³/mol. The Labute approximate surface area is 259 Å². The van der Waals surface area contributed by atoms with Crippen LogP contribution in [0.15, 0.2) is 61.2 Å². The molecule has 2 unspecified atom stereocenters. The van der Waals surface area contributed by atoms with Crippen LogP contribution in [0.4, 0.5) is 0 Å². The van der Waals surface area contributed by atoms with Gasteiger partial charge in [-0.15, -0.1) is 6.58 Å². The average molecular weight is 615 g/mol. The summed E-state index contributed by atoms with van der Waals surface area (Å²) in [5.41, 5.74) is 3.23. The highest BCUT2D eigenvalue weighted by molar-refractivity contribution is 6.77. The van der Waals surface area contributed by atoms with Crippen LogP contribution in [0, 0.1) is 11.3 Å². The van der Waals surface area contributed by atoms with E-state index in [0.29, 0.717) is 47.0 Å². The Bertz CT molecular complexity index is 1170. The molecular formula is C35H49Cl2NO2Si. The molecular weight excluding hydrogens is 565 g/mol. The Hall–Kier alpha value is -1.59. The van der Waals surface area contributed by atoms with E-state index in [1.807, 2.05) is 30.3 Å². The van der Waals surface area contributed by atoms with E-state index in [2.05, 4.69) is 77.3 Å². The zero-order chi connectivity index (χ0) is 29.9. The quantitative estimate of drug-likeness (QED) is 0.166. The number of rotatable bonds is 13. The lowest BCUT2D eigenvalue weighted by molar-refractivity contribution is -0.153. The fourth-order valence-electron chi connectivity index (χ4n) is 7.83. The minimum absolute atomic E-state index is 0.0758. The largest absolute Gasteiger partial charge is 0.416 e. The van der Waals surface area contributed by atoms with E-state index < -0.39 is 13.7 Å². The first-order valence-corrected chi connectivity index (χ1v) is 18.4. The van der Waals surface area contributed by atoms with Crippen molar-refractivity contribution in [3.05, 3.63) is 82.4 Å². The highest BCUT2D eigenvalue weighted by atomic mass is 35.5. The summed E-state index contributed by atoms with van der Waals surface area (Å²) in [4.78, 5) is 17.0. The lowest BCUT2D eigenvalue weighted by atomic mass is 9.65. The van der Waals surface area contributed by atoms with Gasteiger partial charge in [0.05, 0.1) is 11.5 Å². The average Bonchev–Trinajstić information content (AvgIpc) is 3.73. The lowest BCUT2D eigenvalue weighted by Crippen LogP contribution is -2.54. The van der Waals surface area contributed by atoms with Crippen molar-refractivity contribution in [2.45, 2.75) is 102 Å². The van der Waals surface area contributed by atoms with Crippen molar-refractivity contribution < 1.29 is 9.22 Å². The van der Waals surface area contributed by atoms with Crippen molar-refractivity contribution >= 4 is 37.4 Å². The number of hydrogen-bond acceptors (Lipinski definition) is 2. The third-order valence-electron chi connectivity index (χ3n) is 9.86. The topological polar surface area (TPSA) is 29.5 Å². The van der Waals surface area contributed by atoms with Gasteiger partial charge >= 0.3 is 0 Å². The summed E-state index contributed by atoms with van der Waals surface area (Å²) in [7, 11) is -2.06. The Morgan fingerprint density at radius 2 is 1.61 bits per heavy atom. The fourth-order valence-corrected chi connectivity index (χ4v) is 13.6. The van der Waals surface area contributed by atoms with Crippen molar-refractivity contribution in [3.8, 4) is 0 Å². The number of halogens is 2. The molecule has 6 heteroatoms. The van der Waals surface area contributed by atoms with Crippen molar-refractivity contribution in [1.29, 1.82) is 0 Å². The second-order valence-electron chi connectivity index (χ2n) is 13.5. The van der Waals surface area contributed by atoms with Crippen LogP contribution in [0.1, 0.15) is 96.7 Å². The van der Waals surface area contributed by atoms with Gasteiger partial charge in [-0.05, 0) is 90.0 Å². The molecule has 1 amide bonds. The molecule has 224 valence electrons. The van der Waals surface area contributed by atoms with E-state index >= 15 is 0 Å². The van der Waals surface area contributed by atoms with Gasteiger partial charge in [-0.3, -0.25) is 4.79 Å². The van der Waals surface area contributed by atoms with Crippen LogP contribution in [0.25, 0.3) is 0 Å². The molecule has 3 nitrogen and oxygen atoms in total. The molecule has 0 aromatic heterocycles. The van der Waals surface area contributed by atoms with Gasteiger partial charge in [0.2, 0.25) is 5.91 Å². The van der Waals surface area contributed by atoms with Gasteiger partial charge in [-0.1, -0.05) is 95.1 Å². The van der Waals surface area contributed by atoms with Gasteiger partial charge in [0.1, 0.15) is 0 Å². The summed E-state index contributed by atoms with van der Waals surface area (Å²) >= 11 is 12.9. The minimum Gasteiger partial charge on any atom is -0.416 e. The monoisotopic (exact) mass is 613 g/mol. The molecule has 1 heterocycles. The number of benzene rings is 2. The third-order valence-corrected chi connectivity index (χ3v) is 16.5. The molecule has 4 rings (SSSR count). The van der Waals surface area contributed by atoms with Crippen LogP contribution in [-0.2, 0) is 9.22 Å². The van der Waals surface area contributed by atoms with E-state index in [-0.39, 0.29) is 17.9 Å². The first-order valence-electron chi connectivity index (χ1n) is 15.5. The van der Waals surface area contributed by atoms with Crippen LogP contribution >= 0.6 is 23.2 Å². The Morgan fingerprint density at radius 3 is 2.15 bits per heavy atom. The van der Waals surface area contributed by atoms with Crippen molar-refractivity contribution in [2.75, 3.05) is 13.2 Å². The van der Waals surface area contributed by atoms with Gasteiger partial charge in [0.25, 0.3) is 0 Å². The molecule has 2 aromatic carbocycles. The molecule has 3 atom stereocenters. The molecule has 1 aliphatic heterocycles. The van der Waals surface area contributed by atoms with Gasteiger partial charge in [0.15, 0.2) is 8.32 Å². The van der Waals surface area contributed by atoms with Crippen LogP contribution in [0.2, 0.25) is 26.7 Å². The van der Waals surface area contributed by atoms with Crippen molar-refractivity contribution in [3.63, 3.8) is 0 Å². The van der Waals surface area contributed by atoms with E-state index in [4.69, 9.17) is 27.6 Å². The van der Waals surface area contributed by atoms with Gasteiger partial charge in [-0.2, -0.15) is 0 Å². The van der Waals surface area contributed by atoms with Gasteiger partial charge < -0.3 is 9.33 Å². The van der Waals surface area contributed by atoms with E-state index in [9.17, 15) is 4.79 Å². The maximum atomic E-state index is 14.8. The highest BCUT2D eigenvalue weighted by Gasteiger charge is 2.53. The smallest absolute Gasteiger partial charge is 0.229 e. The summed E-state index contributed by atoms with van der Waals surface area (Å²) in [5, 5.41) is 1.43. The lowest BCUT2D eigenvalue weighted by Gasteiger charge is -2.51. The number of amides is 1. The van der Waals surface area contributed by atoms with Crippen molar-refractivity contribution in [2.24, 2.45) is 11.3 Å². The number of nitrogens with zero attached hydrogens (tertiary/aromatic N) is 1. The molecule has 0 N–H and O–H groups in total. The Balaban J connectivity index is 1.77. The number of piperidine rings is 1. The van der Waals surface area contributed by atoms with Crippen molar-refractivity contribution in [1.82, 2.24) is 4.90 Å². The normalized spacial score (nSPS) is 23.6. The number of carbonyl (C=O) groups excluding carboxylic acids is 1. The number of carbonyl (C=O) groups is 1. The fraction of sp³-hybridized carbons (Fsp3) is 0.571. The van der Waals surface area contributed by atoms with Gasteiger partial charge in [-0.25, -0.2) is 0 Å². The summed E-state index contributed by atoms with van der Waals surface area (Å²) in [6.07, 6.45) is 6.38. The zero-order valence-corrected chi connectivity index (χ0v) is 28.3. The summed E-state index contributed by atoms with van der Waals surface area (Å²) < 4.78 is 7.05. The highest BCUT2D eigenvalue weighted by Crippen LogP contribution is 2.54. The summed E-state index contributed by atoms with van der Waals surface area (Å²) in [5.74, 6) is 0.901. The van der Waals surface area contributed by atoms with Crippen LogP contribution in [0.3, 0.4) is 0 Å². The molecule has 2 aromatic rings. The van der Waals surface area contributed by atoms with E-state index in [0.717, 1.165) is 23.6 Å². The molecule has 41 heavy (non-hydrogen) atoms. The first-order chi connectivity index (χ1) is 19.4. The zero-order valence-electron chi connectivity index (χ0n) is 25.8.